The Balaban J connectivity index is 2.34. The largest absolute Gasteiger partial charge is 0.402 e. The van der Waals surface area contributed by atoms with Crippen molar-refractivity contribution in [2.75, 3.05) is 13.6 Å². The minimum absolute atomic E-state index is 0.00565. The number of nitrogens with one attached hydrogen (secondary N) is 1. The van der Waals surface area contributed by atoms with E-state index in [1.54, 1.807) is 14.0 Å². The number of sulfonamides is 1. The first-order valence-corrected chi connectivity index (χ1v) is 8.73. The van der Waals surface area contributed by atoms with E-state index < -0.39 is 28.8 Å². The van der Waals surface area contributed by atoms with Gasteiger partial charge in [0.25, 0.3) is 0 Å². The van der Waals surface area contributed by atoms with E-state index in [9.17, 15) is 21.6 Å². The maximum absolute atomic E-state index is 12.7. The molecule has 0 aliphatic heterocycles. The average Bonchev–Trinajstić information content (AvgIpc) is 3.10. The summed E-state index contributed by atoms with van der Waals surface area (Å²) >= 11 is 1.28. The van der Waals surface area contributed by atoms with Crippen LogP contribution in [0.2, 0.25) is 0 Å². The number of halogens is 3. The smallest absolute Gasteiger partial charge is 0.315 e. The van der Waals surface area contributed by atoms with E-state index in [1.807, 2.05) is 0 Å². The molecule has 0 atom stereocenters. The quantitative estimate of drug-likeness (QED) is 0.864. The Bertz CT molecular complexity index is 607. The SMILES string of the molecule is CNCc1cc(S(=O)(=O)N(CC(F)(F)F)C2CC2)c(C)s1. The second kappa shape index (κ2) is 5.86. The van der Waals surface area contributed by atoms with Crippen molar-refractivity contribution in [3.05, 3.63) is 15.8 Å². The van der Waals surface area contributed by atoms with E-state index in [1.165, 1.54) is 17.4 Å². The van der Waals surface area contributed by atoms with Crippen LogP contribution in [0.4, 0.5) is 13.2 Å². The molecule has 1 fully saturated rings. The molecule has 4 nitrogen and oxygen atoms in total. The highest BCUT2D eigenvalue weighted by Crippen LogP contribution is 2.37. The summed E-state index contributed by atoms with van der Waals surface area (Å²) < 4.78 is 63.6. The standard InChI is InChI=1S/C12H17F3N2O2S2/c1-8-11(5-10(20-8)6-16-2)21(18,19)17(9-3-4-9)7-12(13,14)15/h5,9,16H,3-4,6-7H2,1-2H3. The van der Waals surface area contributed by atoms with Gasteiger partial charge >= 0.3 is 6.18 Å². The normalized spacial score (nSPS) is 16.7. The van der Waals surface area contributed by atoms with Crippen molar-refractivity contribution in [3.63, 3.8) is 0 Å². The third-order valence-corrected chi connectivity index (χ3v) is 6.35. The summed E-state index contributed by atoms with van der Waals surface area (Å²) in [6.45, 7) is 0.690. The van der Waals surface area contributed by atoms with Crippen molar-refractivity contribution < 1.29 is 21.6 Å². The van der Waals surface area contributed by atoms with Crippen molar-refractivity contribution in [3.8, 4) is 0 Å². The molecule has 0 unspecified atom stereocenters. The van der Waals surface area contributed by atoms with Crippen molar-refractivity contribution in [1.82, 2.24) is 9.62 Å². The Morgan fingerprint density at radius 2 is 2.05 bits per heavy atom. The molecule has 9 heteroatoms. The summed E-state index contributed by atoms with van der Waals surface area (Å²) in [5.74, 6) is 0. The molecule has 0 bridgehead atoms. The van der Waals surface area contributed by atoms with Crippen LogP contribution in [0.1, 0.15) is 22.6 Å². The van der Waals surface area contributed by atoms with E-state index in [0.717, 1.165) is 4.88 Å². The number of aryl methyl sites for hydroxylation is 1. The number of hydrogen-bond acceptors (Lipinski definition) is 4. The zero-order valence-corrected chi connectivity index (χ0v) is 13.3. The Hall–Kier alpha value is -0.640. The molecule has 1 aliphatic rings. The minimum Gasteiger partial charge on any atom is -0.315 e. The molecule has 120 valence electrons. The van der Waals surface area contributed by atoms with E-state index in [0.29, 0.717) is 28.6 Å². The molecule has 1 N–H and O–H groups in total. The van der Waals surface area contributed by atoms with Crippen LogP contribution in [0.15, 0.2) is 11.0 Å². The number of rotatable bonds is 6. The zero-order chi connectivity index (χ0) is 15.8. The second-order valence-corrected chi connectivity index (χ2v) is 8.26. The maximum atomic E-state index is 12.7. The lowest BCUT2D eigenvalue weighted by Crippen LogP contribution is -2.40. The Labute approximate surface area is 126 Å². The lowest BCUT2D eigenvalue weighted by atomic mass is 10.4. The van der Waals surface area contributed by atoms with E-state index in [2.05, 4.69) is 5.32 Å². The minimum atomic E-state index is -4.53. The highest BCUT2D eigenvalue weighted by Gasteiger charge is 2.45. The molecule has 1 heterocycles. The van der Waals surface area contributed by atoms with Gasteiger partial charge in [0.1, 0.15) is 6.54 Å². The van der Waals surface area contributed by atoms with Crippen LogP contribution < -0.4 is 5.32 Å². The Kier molecular flexibility index (Phi) is 4.67. The van der Waals surface area contributed by atoms with Crippen molar-refractivity contribution >= 4 is 21.4 Å². The molecule has 1 aliphatic carbocycles. The van der Waals surface area contributed by atoms with Gasteiger partial charge in [0.15, 0.2) is 0 Å². The van der Waals surface area contributed by atoms with Gasteiger partial charge in [-0.05, 0) is 32.9 Å². The zero-order valence-electron chi connectivity index (χ0n) is 11.7. The van der Waals surface area contributed by atoms with Gasteiger partial charge < -0.3 is 5.32 Å². The van der Waals surface area contributed by atoms with Gasteiger partial charge in [-0.1, -0.05) is 0 Å². The molecule has 0 amide bonds. The number of alkyl halides is 3. The highest BCUT2D eigenvalue weighted by molar-refractivity contribution is 7.89. The van der Waals surface area contributed by atoms with Crippen LogP contribution in [0.3, 0.4) is 0 Å². The van der Waals surface area contributed by atoms with Crippen LogP contribution in [0.25, 0.3) is 0 Å². The predicted octanol–water partition coefficient (Wildman–Crippen LogP) is 2.49. The van der Waals surface area contributed by atoms with Gasteiger partial charge in [0.05, 0.1) is 4.90 Å². The summed E-state index contributed by atoms with van der Waals surface area (Å²) in [7, 11) is -2.38. The first kappa shape index (κ1) is 16.7. The first-order chi connectivity index (χ1) is 9.65. The lowest BCUT2D eigenvalue weighted by molar-refractivity contribution is -0.137. The summed E-state index contributed by atoms with van der Waals surface area (Å²) in [5.41, 5.74) is 0. The molecule has 0 radical (unpaired) electrons. The molecule has 1 aromatic rings. The summed E-state index contributed by atoms with van der Waals surface area (Å²) in [6.07, 6.45) is -3.56. The third-order valence-electron chi connectivity index (χ3n) is 3.15. The van der Waals surface area contributed by atoms with Crippen LogP contribution in [-0.4, -0.2) is 38.5 Å². The van der Waals surface area contributed by atoms with Gasteiger partial charge in [-0.2, -0.15) is 17.5 Å². The first-order valence-electron chi connectivity index (χ1n) is 6.47. The fraction of sp³-hybridized carbons (Fsp3) is 0.667. The number of hydrogen-bond donors (Lipinski definition) is 1. The van der Waals surface area contributed by atoms with E-state index in [-0.39, 0.29) is 4.90 Å². The third kappa shape index (κ3) is 3.97. The van der Waals surface area contributed by atoms with Crippen molar-refractivity contribution in [2.24, 2.45) is 0 Å². The molecular formula is C12H17F3N2O2S2. The molecular weight excluding hydrogens is 325 g/mol. The fourth-order valence-corrected chi connectivity index (χ4v) is 5.41. The van der Waals surface area contributed by atoms with Crippen LogP contribution in [-0.2, 0) is 16.6 Å². The molecule has 1 aromatic heterocycles. The lowest BCUT2D eigenvalue weighted by Gasteiger charge is -2.23. The molecule has 0 spiro atoms. The molecule has 0 aromatic carbocycles. The van der Waals surface area contributed by atoms with Gasteiger partial charge in [-0.3, -0.25) is 0 Å². The fourth-order valence-electron chi connectivity index (χ4n) is 2.12. The average molecular weight is 342 g/mol. The molecule has 0 saturated heterocycles. The number of nitrogens with zero attached hydrogens (tertiary/aromatic N) is 1. The van der Waals surface area contributed by atoms with Gasteiger partial charge in [-0.15, -0.1) is 11.3 Å². The van der Waals surface area contributed by atoms with Crippen molar-refractivity contribution in [1.29, 1.82) is 0 Å². The summed E-state index contributed by atoms with van der Waals surface area (Å²) in [5, 5.41) is 2.90. The van der Waals surface area contributed by atoms with Crippen LogP contribution >= 0.6 is 11.3 Å². The second-order valence-electron chi connectivity index (χ2n) is 5.06. The van der Waals surface area contributed by atoms with Gasteiger partial charge in [-0.25, -0.2) is 8.42 Å². The number of thiophene rings is 1. The Morgan fingerprint density at radius 1 is 1.43 bits per heavy atom. The predicted molar refractivity (Wildman–Crippen MR) is 74.8 cm³/mol. The Morgan fingerprint density at radius 3 is 2.52 bits per heavy atom. The van der Waals surface area contributed by atoms with Gasteiger partial charge in [0.2, 0.25) is 10.0 Å². The van der Waals surface area contributed by atoms with Gasteiger partial charge in [0, 0.05) is 22.3 Å². The van der Waals surface area contributed by atoms with Crippen LogP contribution in [0.5, 0.6) is 0 Å². The van der Waals surface area contributed by atoms with Crippen molar-refractivity contribution in [2.45, 2.75) is 43.4 Å². The maximum Gasteiger partial charge on any atom is 0.402 e. The van der Waals surface area contributed by atoms with E-state index >= 15 is 0 Å². The highest BCUT2D eigenvalue weighted by atomic mass is 32.2. The summed E-state index contributed by atoms with van der Waals surface area (Å²) in [4.78, 5) is 1.30. The molecule has 2 rings (SSSR count). The van der Waals surface area contributed by atoms with E-state index in [4.69, 9.17) is 0 Å². The molecule has 21 heavy (non-hydrogen) atoms. The summed E-state index contributed by atoms with van der Waals surface area (Å²) in [6, 6.07) is 0.945. The molecule has 1 saturated carbocycles. The topological polar surface area (TPSA) is 49.4 Å². The monoisotopic (exact) mass is 342 g/mol. The van der Waals surface area contributed by atoms with Crippen LogP contribution in [0, 0.1) is 6.92 Å².